The Bertz CT molecular complexity index is 1940. The largest absolute Gasteiger partial charge is 0.485 e. The van der Waals surface area contributed by atoms with Crippen molar-refractivity contribution < 1.29 is 14.3 Å². The van der Waals surface area contributed by atoms with Crippen LogP contribution in [0, 0.1) is 6.92 Å². The van der Waals surface area contributed by atoms with Crippen molar-refractivity contribution in [1.82, 2.24) is 25.1 Å². The number of carbonyl (C=O) groups is 2. The van der Waals surface area contributed by atoms with Gasteiger partial charge in [0.1, 0.15) is 12.4 Å². The first-order chi connectivity index (χ1) is 22.9. The van der Waals surface area contributed by atoms with Gasteiger partial charge in [-0.1, -0.05) is 102 Å². The number of thioether (sulfide) groups is 2. The van der Waals surface area contributed by atoms with Crippen LogP contribution in [0.5, 0.6) is 5.75 Å². The maximum absolute atomic E-state index is 13.0. The Kier molecular flexibility index (Phi) is 10.5. The molecular formula is C35H32N6O3S3. The molecule has 6 aromatic rings. The second-order valence-electron chi connectivity index (χ2n) is 10.6. The maximum Gasteiger partial charge on any atom is 0.234 e. The molecule has 6 rings (SSSR count). The minimum atomic E-state index is -0.237. The number of aromatic nitrogens is 4. The van der Waals surface area contributed by atoms with Gasteiger partial charge in [0.25, 0.3) is 0 Å². The summed E-state index contributed by atoms with van der Waals surface area (Å²) in [6.45, 7) is 2.27. The molecule has 0 atom stereocenters. The van der Waals surface area contributed by atoms with E-state index in [1.165, 1.54) is 34.9 Å². The quantitative estimate of drug-likeness (QED) is 0.125. The Morgan fingerprint density at radius 1 is 0.851 bits per heavy atom. The number of nitrogens with zero attached hydrogens (tertiary/aromatic N) is 4. The molecule has 0 unspecified atom stereocenters. The van der Waals surface area contributed by atoms with Crippen molar-refractivity contribution in [2.45, 2.75) is 29.1 Å². The van der Waals surface area contributed by atoms with Gasteiger partial charge in [-0.2, -0.15) is 0 Å². The highest BCUT2D eigenvalue weighted by atomic mass is 32.2. The van der Waals surface area contributed by atoms with Crippen molar-refractivity contribution >= 4 is 62.6 Å². The van der Waals surface area contributed by atoms with Crippen LogP contribution < -0.4 is 15.4 Å². The normalized spacial score (nSPS) is 11.1. The van der Waals surface area contributed by atoms with E-state index in [4.69, 9.17) is 4.74 Å². The Balaban J connectivity index is 1.01. The zero-order valence-electron chi connectivity index (χ0n) is 25.8. The number of rotatable bonds is 13. The van der Waals surface area contributed by atoms with E-state index in [0.29, 0.717) is 16.7 Å². The van der Waals surface area contributed by atoms with Crippen LogP contribution in [0.15, 0.2) is 113 Å². The van der Waals surface area contributed by atoms with E-state index in [1.807, 2.05) is 122 Å². The van der Waals surface area contributed by atoms with E-state index in [-0.39, 0.29) is 36.0 Å². The molecule has 2 amide bonds. The second kappa shape index (κ2) is 15.3. The minimum absolute atomic E-state index is 0.0775. The Labute approximate surface area is 285 Å². The molecule has 0 fully saturated rings. The molecule has 0 spiro atoms. The number of anilines is 1. The molecular weight excluding hydrogens is 649 g/mol. The van der Waals surface area contributed by atoms with Gasteiger partial charge >= 0.3 is 0 Å². The van der Waals surface area contributed by atoms with Gasteiger partial charge in [0.2, 0.25) is 11.8 Å². The number of benzene rings is 4. The second-order valence-corrected chi connectivity index (χ2v) is 13.8. The molecule has 47 heavy (non-hydrogen) atoms. The topological polar surface area (TPSA) is 111 Å². The fourth-order valence-electron chi connectivity index (χ4n) is 4.81. The zero-order valence-corrected chi connectivity index (χ0v) is 28.2. The number of hydrogen-bond acceptors (Lipinski definition) is 9. The van der Waals surface area contributed by atoms with Crippen LogP contribution in [0.2, 0.25) is 0 Å². The summed E-state index contributed by atoms with van der Waals surface area (Å²) < 4.78 is 9.45. The van der Waals surface area contributed by atoms with Gasteiger partial charge in [-0.15, -0.1) is 21.5 Å². The van der Waals surface area contributed by atoms with Crippen LogP contribution in [0.3, 0.4) is 0 Å². The number of aryl methyl sites for hydroxylation is 1. The summed E-state index contributed by atoms with van der Waals surface area (Å²) in [6.07, 6.45) is 0. The van der Waals surface area contributed by atoms with E-state index in [9.17, 15) is 9.59 Å². The standard InChI is InChI=1S/C35H32N6O3S3/c1-23-11-9-10-16-28(23)44-20-30-39-40-34(41(30)2)45-21-31(42)36-26-17-18-27-29(19-26)47-35(37-27)46-22-32(43)38-33(24-12-5-3-6-13-24)25-14-7-4-8-15-25/h3-19,33H,20-22H2,1-2H3,(H,36,42)(H,38,43). The first kappa shape index (κ1) is 32.3. The summed E-state index contributed by atoms with van der Waals surface area (Å²) in [4.78, 5) is 30.5. The average molecular weight is 681 g/mol. The lowest BCUT2D eigenvalue weighted by Gasteiger charge is -2.19. The molecule has 0 aliphatic rings. The molecule has 2 heterocycles. The Morgan fingerprint density at radius 3 is 2.26 bits per heavy atom. The van der Waals surface area contributed by atoms with Gasteiger partial charge < -0.3 is 19.9 Å². The van der Waals surface area contributed by atoms with Crippen molar-refractivity contribution in [3.63, 3.8) is 0 Å². The van der Waals surface area contributed by atoms with E-state index < -0.39 is 0 Å². The van der Waals surface area contributed by atoms with E-state index in [0.717, 1.165) is 37.0 Å². The lowest BCUT2D eigenvalue weighted by atomic mass is 9.99. The number of amides is 2. The predicted molar refractivity (Wildman–Crippen MR) is 189 cm³/mol. The first-order valence-corrected chi connectivity index (χ1v) is 17.6. The fourth-order valence-corrected chi connectivity index (χ4v) is 7.46. The molecule has 9 nitrogen and oxygen atoms in total. The monoisotopic (exact) mass is 680 g/mol. The molecule has 4 aromatic carbocycles. The van der Waals surface area contributed by atoms with Crippen molar-refractivity contribution in [1.29, 1.82) is 0 Å². The number of thiazole rings is 1. The van der Waals surface area contributed by atoms with Crippen LogP contribution in [0.4, 0.5) is 5.69 Å². The fraction of sp³-hybridized carbons (Fsp3) is 0.171. The molecule has 12 heteroatoms. The number of hydrogen-bond donors (Lipinski definition) is 2. The Hall–Kier alpha value is -4.65. The maximum atomic E-state index is 13.0. The molecule has 0 aliphatic heterocycles. The number of nitrogens with one attached hydrogen (secondary N) is 2. The molecule has 2 aromatic heterocycles. The summed E-state index contributed by atoms with van der Waals surface area (Å²) in [5.41, 5.74) is 4.59. The lowest BCUT2D eigenvalue weighted by molar-refractivity contribution is -0.119. The van der Waals surface area contributed by atoms with E-state index in [2.05, 4.69) is 25.8 Å². The highest BCUT2D eigenvalue weighted by Gasteiger charge is 2.18. The third-order valence-electron chi connectivity index (χ3n) is 7.26. The SMILES string of the molecule is Cc1ccccc1OCc1nnc(SCC(=O)Nc2ccc3nc(SCC(=O)NC(c4ccccc4)c4ccccc4)sc3c2)n1C. The van der Waals surface area contributed by atoms with Crippen molar-refractivity contribution in [3.05, 3.63) is 126 Å². The summed E-state index contributed by atoms with van der Waals surface area (Å²) in [5.74, 6) is 1.65. The summed E-state index contributed by atoms with van der Waals surface area (Å²) >= 11 is 4.20. The van der Waals surface area contributed by atoms with Crippen molar-refractivity contribution in [2.24, 2.45) is 7.05 Å². The first-order valence-electron chi connectivity index (χ1n) is 14.8. The van der Waals surface area contributed by atoms with Crippen LogP contribution in [0.25, 0.3) is 10.2 Å². The van der Waals surface area contributed by atoms with Crippen LogP contribution in [-0.4, -0.2) is 43.1 Å². The van der Waals surface area contributed by atoms with Gasteiger partial charge in [0.15, 0.2) is 15.3 Å². The molecule has 0 saturated heterocycles. The lowest BCUT2D eigenvalue weighted by Crippen LogP contribution is -2.30. The summed E-state index contributed by atoms with van der Waals surface area (Å²) in [5, 5.41) is 15.2. The van der Waals surface area contributed by atoms with E-state index in [1.54, 1.807) is 0 Å². The average Bonchev–Trinajstić information content (AvgIpc) is 3.67. The zero-order chi connectivity index (χ0) is 32.6. The summed E-state index contributed by atoms with van der Waals surface area (Å²) in [7, 11) is 1.86. The van der Waals surface area contributed by atoms with Crippen LogP contribution in [-0.2, 0) is 23.2 Å². The number of carbonyl (C=O) groups excluding carboxylic acids is 2. The third kappa shape index (κ3) is 8.39. The van der Waals surface area contributed by atoms with E-state index >= 15 is 0 Å². The highest BCUT2D eigenvalue weighted by Crippen LogP contribution is 2.32. The van der Waals surface area contributed by atoms with Gasteiger partial charge in [-0.25, -0.2) is 4.98 Å². The van der Waals surface area contributed by atoms with Gasteiger partial charge in [-0.05, 0) is 47.9 Å². The van der Waals surface area contributed by atoms with Crippen LogP contribution >= 0.6 is 34.9 Å². The Morgan fingerprint density at radius 2 is 1.53 bits per heavy atom. The van der Waals surface area contributed by atoms with Crippen LogP contribution in [0.1, 0.15) is 28.6 Å². The van der Waals surface area contributed by atoms with Crippen molar-refractivity contribution in [3.8, 4) is 5.75 Å². The third-order valence-corrected chi connectivity index (χ3v) is 10.4. The molecule has 0 radical (unpaired) electrons. The van der Waals surface area contributed by atoms with Crippen molar-refractivity contribution in [2.75, 3.05) is 16.8 Å². The minimum Gasteiger partial charge on any atom is -0.485 e. The summed E-state index contributed by atoms with van der Waals surface area (Å²) in [6, 6.07) is 33.1. The van der Waals surface area contributed by atoms with Gasteiger partial charge in [0.05, 0.1) is 27.8 Å². The molecule has 2 N–H and O–H groups in total. The molecule has 0 saturated carbocycles. The number of ether oxygens (including phenoxy) is 1. The number of fused-ring (bicyclic) bond motifs is 1. The van der Waals surface area contributed by atoms with Gasteiger partial charge in [-0.3, -0.25) is 9.59 Å². The number of para-hydroxylation sites is 1. The molecule has 238 valence electrons. The molecule has 0 aliphatic carbocycles. The van der Waals surface area contributed by atoms with Gasteiger partial charge in [0, 0.05) is 12.7 Å². The molecule has 0 bridgehead atoms. The predicted octanol–water partition coefficient (Wildman–Crippen LogP) is 7.04. The highest BCUT2D eigenvalue weighted by molar-refractivity contribution is 8.01. The smallest absolute Gasteiger partial charge is 0.234 e.